The molecular weight excluding hydrogens is 232 g/mol. The maximum Gasteiger partial charge on any atom is 0.335 e. The monoisotopic (exact) mass is 254 g/mol. The average molecular weight is 254 g/mol. The first-order chi connectivity index (χ1) is 8.51. The van der Waals surface area contributed by atoms with Crippen LogP contribution in [0.2, 0.25) is 0 Å². The second-order valence-corrected chi connectivity index (χ2v) is 4.03. The van der Waals surface area contributed by atoms with Crippen molar-refractivity contribution >= 4 is 5.97 Å². The Hall–Kier alpha value is -1.39. The van der Waals surface area contributed by atoms with Gasteiger partial charge in [0.2, 0.25) is 0 Å². The number of aliphatic hydroxyl groups is 2. The summed E-state index contributed by atoms with van der Waals surface area (Å²) in [4.78, 5) is 10.2. The van der Waals surface area contributed by atoms with Gasteiger partial charge in [-0.15, -0.1) is 0 Å². The number of carboxylic acid groups (broad SMARTS) is 1. The second kappa shape index (κ2) is 9.62. The van der Waals surface area contributed by atoms with Crippen LogP contribution in [-0.4, -0.2) is 33.5 Å². The lowest BCUT2D eigenvalue weighted by molar-refractivity contribution is 0.0696. The van der Waals surface area contributed by atoms with E-state index in [0.29, 0.717) is 12.0 Å². The van der Waals surface area contributed by atoms with Crippen LogP contribution in [0, 0.1) is 0 Å². The highest BCUT2D eigenvalue weighted by Crippen LogP contribution is 2.03. The van der Waals surface area contributed by atoms with Crippen LogP contribution in [0.4, 0.5) is 0 Å². The van der Waals surface area contributed by atoms with Crippen molar-refractivity contribution in [3.63, 3.8) is 0 Å². The third kappa shape index (κ3) is 7.81. The molecule has 0 aliphatic carbocycles. The Morgan fingerprint density at radius 3 is 1.78 bits per heavy atom. The lowest BCUT2D eigenvalue weighted by atomic mass is 10.1. The molecule has 0 amide bonds. The van der Waals surface area contributed by atoms with Gasteiger partial charge >= 0.3 is 5.97 Å². The summed E-state index contributed by atoms with van der Waals surface area (Å²) in [6.07, 6.45) is 1.35. The molecule has 0 saturated carbocycles. The van der Waals surface area contributed by atoms with E-state index >= 15 is 0 Å². The molecule has 0 bridgehead atoms. The molecule has 102 valence electrons. The number of aliphatic hydroxyl groups excluding tert-OH is 2. The number of aromatic carboxylic acids is 1. The van der Waals surface area contributed by atoms with Gasteiger partial charge in [-0.3, -0.25) is 0 Å². The van der Waals surface area contributed by atoms with E-state index in [1.165, 1.54) is 0 Å². The molecule has 2 unspecified atom stereocenters. The van der Waals surface area contributed by atoms with Crippen LogP contribution in [-0.2, 0) is 0 Å². The topological polar surface area (TPSA) is 77.8 Å². The van der Waals surface area contributed by atoms with Crippen molar-refractivity contribution in [2.75, 3.05) is 0 Å². The Morgan fingerprint density at radius 2 is 1.50 bits per heavy atom. The maximum absolute atomic E-state index is 10.2. The number of rotatable bonds is 5. The summed E-state index contributed by atoms with van der Waals surface area (Å²) in [7, 11) is 0. The summed E-state index contributed by atoms with van der Waals surface area (Å²) in [6.45, 7) is 3.82. The van der Waals surface area contributed by atoms with Gasteiger partial charge in [-0.25, -0.2) is 4.79 Å². The molecular formula is C14H22O4. The summed E-state index contributed by atoms with van der Waals surface area (Å²) < 4.78 is 0. The molecule has 0 spiro atoms. The van der Waals surface area contributed by atoms with Crippen molar-refractivity contribution in [3.05, 3.63) is 35.9 Å². The highest BCUT2D eigenvalue weighted by molar-refractivity contribution is 5.87. The fraction of sp³-hybridized carbons (Fsp3) is 0.500. The Labute approximate surface area is 108 Å². The summed E-state index contributed by atoms with van der Waals surface area (Å²) in [5, 5.41) is 26.4. The van der Waals surface area contributed by atoms with Crippen LogP contribution in [0.5, 0.6) is 0 Å². The van der Waals surface area contributed by atoms with Gasteiger partial charge in [0.25, 0.3) is 0 Å². The van der Waals surface area contributed by atoms with Crippen molar-refractivity contribution in [3.8, 4) is 0 Å². The summed E-state index contributed by atoms with van der Waals surface area (Å²) in [6, 6.07) is 8.30. The standard InChI is InChI=1S/C7H6O2.C7H16O2/c8-7(9)6-4-2-1-3-5-6;1-3-6(8)5-7(9)4-2/h1-5H,(H,8,9);6-9H,3-5H2,1-2H3. The van der Waals surface area contributed by atoms with Gasteiger partial charge in [0.05, 0.1) is 17.8 Å². The highest BCUT2D eigenvalue weighted by atomic mass is 16.4. The van der Waals surface area contributed by atoms with Crippen LogP contribution in [0.15, 0.2) is 30.3 Å². The highest BCUT2D eigenvalue weighted by Gasteiger charge is 2.06. The molecule has 3 N–H and O–H groups in total. The van der Waals surface area contributed by atoms with Crippen molar-refractivity contribution in [1.29, 1.82) is 0 Å². The number of carboxylic acids is 1. The fourth-order valence-corrected chi connectivity index (χ4v) is 1.23. The maximum atomic E-state index is 10.2. The number of benzene rings is 1. The molecule has 0 heterocycles. The lowest BCUT2D eigenvalue weighted by Crippen LogP contribution is -2.15. The molecule has 0 fully saturated rings. The number of hydrogen-bond acceptors (Lipinski definition) is 3. The van der Waals surface area contributed by atoms with Crippen LogP contribution in [0.1, 0.15) is 43.5 Å². The predicted octanol–water partition coefficient (Wildman–Crippen LogP) is 2.30. The van der Waals surface area contributed by atoms with Gasteiger partial charge in [-0.05, 0) is 31.4 Å². The van der Waals surface area contributed by atoms with Crippen LogP contribution in [0.3, 0.4) is 0 Å². The normalized spacial score (nSPS) is 13.1. The van der Waals surface area contributed by atoms with Gasteiger partial charge in [0.1, 0.15) is 0 Å². The van der Waals surface area contributed by atoms with E-state index < -0.39 is 5.97 Å². The molecule has 4 nitrogen and oxygen atoms in total. The summed E-state index contributed by atoms with van der Waals surface area (Å²) in [5.41, 5.74) is 0.331. The van der Waals surface area contributed by atoms with Gasteiger partial charge in [0, 0.05) is 0 Å². The Balaban J connectivity index is 0.000000321. The van der Waals surface area contributed by atoms with Crippen molar-refractivity contribution in [2.24, 2.45) is 0 Å². The molecule has 0 aliphatic heterocycles. The third-order valence-electron chi connectivity index (χ3n) is 2.51. The average Bonchev–Trinajstić information content (AvgIpc) is 2.40. The van der Waals surface area contributed by atoms with Crippen molar-refractivity contribution in [1.82, 2.24) is 0 Å². The van der Waals surface area contributed by atoms with Crippen molar-refractivity contribution < 1.29 is 20.1 Å². The first-order valence-corrected chi connectivity index (χ1v) is 6.15. The molecule has 1 rings (SSSR count). The lowest BCUT2D eigenvalue weighted by Gasteiger charge is -2.11. The van der Waals surface area contributed by atoms with E-state index in [1.807, 2.05) is 13.8 Å². The minimum Gasteiger partial charge on any atom is -0.478 e. The molecule has 0 saturated heterocycles. The minimum absolute atomic E-state index is 0.319. The molecule has 0 aromatic heterocycles. The third-order valence-corrected chi connectivity index (χ3v) is 2.51. The Bertz CT molecular complexity index is 316. The molecule has 0 aliphatic rings. The van der Waals surface area contributed by atoms with Crippen LogP contribution < -0.4 is 0 Å². The molecule has 0 radical (unpaired) electrons. The molecule has 1 aromatic carbocycles. The Morgan fingerprint density at radius 1 is 1.06 bits per heavy atom. The Kier molecular flexibility index (Phi) is 8.88. The number of carbonyl (C=O) groups is 1. The van der Waals surface area contributed by atoms with Gasteiger partial charge < -0.3 is 15.3 Å². The smallest absolute Gasteiger partial charge is 0.335 e. The fourth-order valence-electron chi connectivity index (χ4n) is 1.23. The van der Waals surface area contributed by atoms with Crippen molar-refractivity contribution in [2.45, 2.75) is 45.3 Å². The van der Waals surface area contributed by atoms with Crippen LogP contribution in [0.25, 0.3) is 0 Å². The van der Waals surface area contributed by atoms with Gasteiger partial charge in [-0.2, -0.15) is 0 Å². The quantitative estimate of drug-likeness (QED) is 0.753. The minimum atomic E-state index is -0.879. The number of hydrogen-bond donors (Lipinski definition) is 3. The largest absolute Gasteiger partial charge is 0.478 e. The first-order valence-electron chi connectivity index (χ1n) is 6.15. The van der Waals surface area contributed by atoms with E-state index in [2.05, 4.69) is 0 Å². The summed E-state index contributed by atoms with van der Waals surface area (Å²) >= 11 is 0. The zero-order valence-corrected chi connectivity index (χ0v) is 10.9. The second-order valence-electron chi connectivity index (χ2n) is 4.03. The SMILES string of the molecule is CCC(O)CC(O)CC.O=C(O)c1ccccc1. The van der Waals surface area contributed by atoms with E-state index in [-0.39, 0.29) is 12.2 Å². The van der Waals surface area contributed by atoms with E-state index in [0.717, 1.165) is 12.8 Å². The first kappa shape index (κ1) is 16.6. The predicted molar refractivity (Wildman–Crippen MR) is 70.6 cm³/mol. The van der Waals surface area contributed by atoms with E-state index in [4.69, 9.17) is 15.3 Å². The molecule has 1 aromatic rings. The van der Waals surface area contributed by atoms with Gasteiger partial charge in [-0.1, -0.05) is 32.0 Å². The molecule has 18 heavy (non-hydrogen) atoms. The summed E-state index contributed by atoms with van der Waals surface area (Å²) in [5.74, 6) is -0.879. The van der Waals surface area contributed by atoms with E-state index in [9.17, 15) is 4.79 Å². The van der Waals surface area contributed by atoms with Crippen LogP contribution >= 0.6 is 0 Å². The molecule has 2 atom stereocenters. The zero-order valence-electron chi connectivity index (χ0n) is 10.9. The zero-order chi connectivity index (χ0) is 14.0. The van der Waals surface area contributed by atoms with E-state index in [1.54, 1.807) is 30.3 Å². The molecule has 4 heteroatoms. The van der Waals surface area contributed by atoms with Gasteiger partial charge in [0.15, 0.2) is 0 Å².